The Balaban J connectivity index is 1.64. The zero-order valence-corrected chi connectivity index (χ0v) is 17.8. The summed E-state index contributed by atoms with van der Waals surface area (Å²) < 4.78 is 5.93. The molecule has 2 aromatic rings. The van der Waals surface area contributed by atoms with Gasteiger partial charge in [0.15, 0.2) is 0 Å². The highest BCUT2D eigenvalue weighted by molar-refractivity contribution is 9.10. The number of methoxy groups -OCH3 is 1. The van der Waals surface area contributed by atoms with Crippen molar-refractivity contribution >= 4 is 27.7 Å². The van der Waals surface area contributed by atoms with E-state index in [0.29, 0.717) is 25.2 Å². The van der Waals surface area contributed by atoms with Crippen molar-refractivity contribution in [3.8, 4) is 5.75 Å². The van der Waals surface area contributed by atoms with Crippen LogP contribution in [-0.4, -0.2) is 36.9 Å². The average Bonchev–Trinajstić information content (AvgIpc) is 2.72. The van der Waals surface area contributed by atoms with Gasteiger partial charge in [-0.15, -0.1) is 0 Å². The number of ether oxygens (including phenoxy) is 1. The van der Waals surface area contributed by atoms with E-state index in [1.165, 1.54) is 0 Å². The highest BCUT2D eigenvalue weighted by Crippen LogP contribution is 2.31. The van der Waals surface area contributed by atoms with Gasteiger partial charge in [0.05, 0.1) is 18.1 Å². The summed E-state index contributed by atoms with van der Waals surface area (Å²) in [5, 5.41) is 3.03. The maximum absolute atomic E-state index is 12.9. The number of hydrogen-bond acceptors (Lipinski definition) is 3. The monoisotopic (exact) mass is 444 g/mol. The lowest BCUT2D eigenvalue weighted by Crippen LogP contribution is -2.51. The van der Waals surface area contributed by atoms with Gasteiger partial charge in [0.2, 0.25) is 5.91 Å². The minimum absolute atomic E-state index is 0.0204. The number of nitrogens with one attached hydrogen (secondary N) is 1. The van der Waals surface area contributed by atoms with Crippen molar-refractivity contribution in [3.63, 3.8) is 0 Å². The number of nitrogens with zero attached hydrogens (tertiary/aromatic N) is 1. The van der Waals surface area contributed by atoms with Gasteiger partial charge < -0.3 is 15.0 Å². The Labute approximate surface area is 174 Å². The number of benzene rings is 2. The molecule has 1 N–H and O–H groups in total. The number of halogens is 1. The van der Waals surface area contributed by atoms with Crippen LogP contribution >= 0.6 is 15.9 Å². The predicted molar refractivity (Wildman–Crippen MR) is 112 cm³/mol. The summed E-state index contributed by atoms with van der Waals surface area (Å²) in [6, 6.07) is 15.0. The maximum Gasteiger partial charge on any atom is 0.255 e. The smallest absolute Gasteiger partial charge is 0.255 e. The van der Waals surface area contributed by atoms with E-state index < -0.39 is 5.41 Å². The molecule has 0 unspecified atom stereocenters. The van der Waals surface area contributed by atoms with E-state index in [4.69, 9.17) is 4.74 Å². The second kappa shape index (κ2) is 8.78. The second-order valence-corrected chi connectivity index (χ2v) is 8.26. The number of amides is 2. The van der Waals surface area contributed by atoms with Crippen LogP contribution in [0.3, 0.4) is 0 Å². The van der Waals surface area contributed by atoms with Crippen molar-refractivity contribution in [2.75, 3.05) is 20.2 Å². The molecule has 1 aliphatic rings. The molecule has 1 atom stereocenters. The quantitative estimate of drug-likeness (QED) is 0.757. The Hall–Kier alpha value is -2.34. The zero-order chi connectivity index (χ0) is 20.1. The minimum Gasteiger partial charge on any atom is -0.497 e. The predicted octanol–water partition coefficient (Wildman–Crippen LogP) is 4.02. The lowest BCUT2D eigenvalue weighted by atomic mass is 9.80. The van der Waals surface area contributed by atoms with E-state index in [2.05, 4.69) is 21.2 Å². The molecule has 2 aromatic carbocycles. The van der Waals surface area contributed by atoms with Gasteiger partial charge in [-0.2, -0.15) is 0 Å². The molecule has 1 heterocycles. The molecular formula is C22H25BrN2O3. The zero-order valence-electron chi connectivity index (χ0n) is 16.2. The van der Waals surface area contributed by atoms with Crippen molar-refractivity contribution in [2.45, 2.75) is 26.3 Å². The summed E-state index contributed by atoms with van der Waals surface area (Å²) >= 11 is 3.45. The van der Waals surface area contributed by atoms with Gasteiger partial charge in [-0.1, -0.05) is 24.3 Å². The standard InChI is InChI=1S/C22H25BrN2O3/c1-22(21(27)24-14-16-8-10-17(28-2)11-9-16)12-5-13-25(15-22)20(26)18-6-3-4-7-19(18)23/h3-4,6-11H,5,12-15H2,1-2H3,(H,24,27)/t22-/m0/s1. The summed E-state index contributed by atoms with van der Waals surface area (Å²) in [5.41, 5.74) is 1.04. The molecule has 0 radical (unpaired) electrons. The molecule has 0 saturated carbocycles. The second-order valence-electron chi connectivity index (χ2n) is 7.40. The Morgan fingerprint density at radius 3 is 2.57 bits per heavy atom. The fourth-order valence-corrected chi connectivity index (χ4v) is 4.00. The summed E-state index contributed by atoms with van der Waals surface area (Å²) in [4.78, 5) is 27.6. The van der Waals surface area contributed by atoms with Crippen LogP contribution in [0, 0.1) is 5.41 Å². The topological polar surface area (TPSA) is 58.6 Å². The van der Waals surface area contributed by atoms with Gasteiger partial charge in [0.1, 0.15) is 5.75 Å². The van der Waals surface area contributed by atoms with E-state index in [0.717, 1.165) is 28.6 Å². The van der Waals surface area contributed by atoms with Gasteiger partial charge in [0, 0.05) is 24.1 Å². The van der Waals surface area contributed by atoms with Gasteiger partial charge in [-0.05, 0) is 65.5 Å². The molecule has 0 aromatic heterocycles. The highest BCUT2D eigenvalue weighted by Gasteiger charge is 2.39. The van der Waals surface area contributed by atoms with Crippen LogP contribution in [0.25, 0.3) is 0 Å². The third-order valence-electron chi connectivity index (χ3n) is 5.25. The first-order valence-electron chi connectivity index (χ1n) is 9.38. The van der Waals surface area contributed by atoms with Crippen LogP contribution < -0.4 is 10.1 Å². The van der Waals surface area contributed by atoms with Crippen LogP contribution in [-0.2, 0) is 11.3 Å². The van der Waals surface area contributed by atoms with E-state index in [1.807, 2.05) is 55.5 Å². The van der Waals surface area contributed by atoms with Crippen LogP contribution in [0.15, 0.2) is 53.0 Å². The fourth-order valence-electron chi connectivity index (χ4n) is 3.54. The Bertz CT molecular complexity index is 853. The van der Waals surface area contributed by atoms with Crippen LogP contribution in [0.5, 0.6) is 5.75 Å². The molecule has 2 amide bonds. The molecule has 0 bridgehead atoms. The molecule has 1 aliphatic heterocycles. The number of rotatable bonds is 5. The van der Waals surface area contributed by atoms with Crippen LogP contribution in [0.2, 0.25) is 0 Å². The van der Waals surface area contributed by atoms with E-state index in [-0.39, 0.29) is 11.8 Å². The summed E-state index contributed by atoms with van der Waals surface area (Å²) in [6.07, 6.45) is 1.57. The van der Waals surface area contributed by atoms with Gasteiger partial charge in [0.25, 0.3) is 5.91 Å². The summed E-state index contributed by atoms with van der Waals surface area (Å²) in [7, 11) is 1.63. The largest absolute Gasteiger partial charge is 0.497 e. The lowest BCUT2D eigenvalue weighted by Gasteiger charge is -2.39. The summed E-state index contributed by atoms with van der Waals surface area (Å²) in [6.45, 7) is 3.48. The van der Waals surface area contributed by atoms with Crippen LogP contribution in [0.1, 0.15) is 35.7 Å². The van der Waals surface area contributed by atoms with Gasteiger partial charge >= 0.3 is 0 Å². The summed E-state index contributed by atoms with van der Waals surface area (Å²) in [5.74, 6) is 0.727. The van der Waals surface area contributed by atoms with E-state index >= 15 is 0 Å². The van der Waals surface area contributed by atoms with Crippen molar-refractivity contribution < 1.29 is 14.3 Å². The molecule has 28 heavy (non-hydrogen) atoms. The molecule has 1 saturated heterocycles. The van der Waals surface area contributed by atoms with E-state index in [9.17, 15) is 9.59 Å². The van der Waals surface area contributed by atoms with Crippen molar-refractivity contribution in [2.24, 2.45) is 5.41 Å². The lowest BCUT2D eigenvalue weighted by molar-refractivity contribution is -0.132. The SMILES string of the molecule is COc1ccc(CNC(=O)[C@@]2(C)CCCN(C(=O)c3ccccc3Br)C2)cc1. The first kappa shape index (κ1) is 20.4. The molecule has 0 aliphatic carbocycles. The minimum atomic E-state index is -0.596. The van der Waals surface area contributed by atoms with E-state index in [1.54, 1.807) is 12.0 Å². The molecule has 0 spiro atoms. The molecule has 148 valence electrons. The first-order valence-corrected chi connectivity index (χ1v) is 10.2. The Morgan fingerprint density at radius 2 is 1.89 bits per heavy atom. The normalized spacial score (nSPS) is 19.2. The van der Waals surface area contributed by atoms with Gasteiger partial charge in [-0.25, -0.2) is 0 Å². The maximum atomic E-state index is 12.9. The molecule has 3 rings (SSSR count). The number of likely N-dealkylation sites (tertiary alicyclic amines) is 1. The van der Waals surface area contributed by atoms with Crippen molar-refractivity contribution in [1.82, 2.24) is 10.2 Å². The number of carbonyl (C=O) groups is 2. The Kier molecular flexibility index (Phi) is 6.39. The number of hydrogen-bond donors (Lipinski definition) is 1. The highest BCUT2D eigenvalue weighted by atomic mass is 79.9. The fraction of sp³-hybridized carbons (Fsp3) is 0.364. The van der Waals surface area contributed by atoms with Crippen LogP contribution in [0.4, 0.5) is 0 Å². The number of piperidine rings is 1. The van der Waals surface area contributed by atoms with Gasteiger partial charge in [-0.3, -0.25) is 9.59 Å². The number of carbonyl (C=O) groups excluding carboxylic acids is 2. The molecule has 5 nitrogen and oxygen atoms in total. The van der Waals surface area contributed by atoms with Crippen molar-refractivity contribution in [1.29, 1.82) is 0 Å². The third kappa shape index (κ3) is 4.55. The van der Waals surface area contributed by atoms with Crippen molar-refractivity contribution in [3.05, 3.63) is 64.1 Å². The first-order chi connectivity index (χ1) is 13.4. The molecular weight excluding hydrogens is 420 g/mol. The average molecular weight is 445 g/mol. The molecule has 1 fully saturated rings. The Morgan fingerprint density at radius 1 is 1.18 bits per heavy atom. The molecule has 6 heteroatoms. The third-order valence-corrected chi connectivity index (χ3v) is 5.94.